The van der Waals surface area contributed by atoms with E-state index in [0.29, 0.717) is 0 Å². The molecule has 0 aliphatic heterocycles. The number of hydrogen-bond acceptors (Lipinski definition) is 2. The Labute approximate surface area is 116 Å². The highest BCUT2D eigenvalue weighted by Crippen LogP contribution is 2.18. The van der Waals surface area contributed by atoms with Gasteiger partial charge in [-0.1, -0.05) is 51.8 Å². The number of nitrogens with zero attached hydrogens (tertiary/aromatic N) is 1. The summed E-state index contributed by atoms with van der Waals surface area (Å²) < 4.78 is 0. The molecule has 106 valence electrons. The quantitative estimate of drug-likeness (QED) is 0.820. The molecule has 0 aliphatic rings. The molecule has 1 rings (SSSR count). The summed E-state index contributed by atoms with van der Waals surface area (Å²) in [7, 11) is 0. The fourth-order valence-corrected chi connectivity index (χ4v) is 1.97. The van der Waals surface area contributed by atoms with E-state index in [9.17, 15) is 4.79 Å². The molecule has 0 heterocycles. The summed E-state index contributed by atoms with van der Waals surface area (Å²) in [6, 6.07) is 9.39. The molecule has 19 heavy (non-hydrogen) atoms. The van der Waals surface area contributed by atoms with Gasteiger partial charge in [0.25, 0.3) is 0 Å². The molecule has 0 aliphatic carbocycles. The number of amides is 1. The van der Waals surface area contributed by atoms with Crippen molar-refractivity contribution in [2.45, 2.75) is 46.1 Å². The molecule has 0 spiro atoms. The summed E-state index contributed by atoms with van der Waals surface area (Å²) in [5, 5.41) is 0. The molecule has 1 aromatic rings. The number of carbonyl (C=O) groups excluding carboxylic acids is 1. The second-order valence-corrected chi connectivity index (χ2v) is 5.09. The lowest BCUT2D eigenvalue weighted by atomic mass is 9.98. The van der Waals surface area contributed by atoms with Crippen LogP contribution in [-0.2, 0) is 4.79 Å². The van der Waals surface area contributed by atoms with E-state index < -0.39 is 6.04 Å². The highest BCUT2D eigenvalue weighted by atomic mass is 16.2. The smallest absolute Gasteiger partial charge is 0.244 e. The molecule has 3 nitrogen and oxygen atoms in total. The Hall–Kier alpha value is -1.35. The van der Waals surface area contributed by atoms with Gasteiger partial charge in [0.05, 0.1) is 6.04 Å². The van der Waals surface area contributed by atoms with Gasteiger partial charge in [-0.05, 0) is 24.5 Å². The van der Waals surface area contributed by atoms with Crippen molar-refractivity contribution in [2.24, 2.45) is 11.7 Å². The first kappa shape index (κ1) is 15.7. The van der Waals surface area contributed by atoms with Crippen LogP contribution in [0.2, 0.25) is 0 Å². The van der Waals surface area contributed by atoms with Gasteiger partial charge in [0, 0.05) is 12.2 Å². The minimum atomic E-state index is -0.415. The monoisotopic (exact) mass is 262 g/mol. The number of unbranched alkanes of at least 4 members (excludes halogenated alkanes) is 1. The molecular weight excluding hydrogens is 236 g/mol. The Morgan fingerprint density at radius 1 is 1.26 bits per heavy atom. The van der Waals surface area contributed by atoms with Crippen LogP contribution in [0.5, 0.6) is 0 Å². The Kier molecular flexibility index (Phi) is 6.57. The largest absolute Gasteiger partial charge is 0.320 e. The van der Waals surface area contributed by atoms with Gasteiger partial charge in [0.2, 0.25) is 5.91 Å². The van der Waals surface area contributed by atoms with Crippen LogP contribution in [-0.4, -0.2) is 18.5 Å². The molecular formula is C16H26N2O. The van der Waals surface area contributed by atoms with E-state index in [1.54, 1.807) is 0 Å². The summed E-state index contributed by atoms with van der Waals surface area (Å²) in [5.74, 6) is 0.245. The number of nitrogens with two attached hydrogens (primary N) is 1. The Morgan fingerprint density at radius 3 is 2.42 bits per heavy atom. The van der Waals surface area contributed by atoms with Gasteiger partial charge in [-0.25, -0.2) is 0 Å². The van der Waals surface area contributed by atoms with Crippen molar-refractivity contribution in [1.29, 1.82) is 0 Å². The third-order valence-electron chi connectivity index (χ3n) is 3.61. The average molecular weight is 262 g/mol. The van der Waals surface area contributed by atoms with Gasteiger partial charge in [-0.3, -0.25) is 4.79 Å². The Bertz CT molecular complexity index is 378. The van der Waals surface area contributed by atoms with Crippen molar-refractivity contribution >= 4 is 11.6 Å². The molecule has 0 aromatic heterocycles. The average Bonchev–Trinajstić information content (AvgIpc) is 2.46. The van der Waals surface area contributed by atoms with Crippen molar-refractivity contribution in [3.8, 4) is 0 Å². The summed E-state index contributed by atoms with van der Waals surface area (Å²) in [5.41, 5.74) is 7.03. The molecule has 2 atom stereocenters. The van der Waals surface area contributed by atoms with Gasteiger partial charge >= 0.3 is 0 Å². The van der Waals surface area contributed by atoms with Crippen molar-refractivity contribution in [1.82, 2.24) is 0 Å². The maximum absolute atomic E-state index is 12.6. The van der Waals surface area contributed by atoms with E-state index in [1.165, 1.54) is 0 Å². The number of hydrogen-bond donors (Lipinski definition) is 1. The van der Waals surface area contributed by atoms with Gasteiger partial charge in [-0.2, -0.15) is 0 Å². The molecule has 1 aromatic carbocycles. The minimum absolute atomic E-state index is 0.0361. The molecule has 2 N–H and O–H groups in total. The third kappa shape index (κ3) is 4.35. The Balaban J connectivity index is 2.88. The van der Waals surface area contributed by atoms with Crippen molar-refractivity contribution < 1.29 is 4.79 Å². The van der Waals surface area contributed by atoms with E-state index >= 15 is 0 Å². The van der Waals surface area contributed by atoms with Crippen LogP contribution in [0, 0.1) is 5.92 Å². The van der Waals surface area contributed by atoms with Crippen molar-refractivity contribution in [2.75, 3.05) is 11.4 Å². The molecule has 1 amide bonds. The zero-order chi connectivity index (χ0) is 14.3. The molecule has 0 saturated heterocycles. The molecule has 0 radical (unpaired) electrons. The van der Waals surface area contributed by atoms with Crippen LogP contribution >= 0.6 is 0 Å². The first-order chi connectivity index (χ1) is 9.11. The highest BCUT2D eigenvalue weighted by Gasteiger charge is 2.25. The topological polar surface area (TPSA) is 46.3 Å². The van der Waals surface area contributed by atoms with Crippen LogP contribution in [0.3, 0.4) is 0 Å². The summed E-state index contributed by atoms with van der Waals surface area (Å²) in [4.78, 5) is 14.4. The van der Waals surface area contributed by atoms with Crippen LogP contribution in [0.4, 0.5) is 5.69 Å². The van der Waals surface area contributed by atoms with Gasteiger partial charge in [-0.15, -0.1) is 0 Å². The van der Waals surface area contributed by atoms with Crippen LogP contribution in [0.1, 0.15) is 40.0 Å². The lowest BCUT2D eigenvalue weighted by Gasteiger charge is -2.28. The SMILES string of the molecule is CCCCN(C(=O)[C@@H](N)C(C)CC)c1ccccc1. The molecule has 0 saturated carbocycles. The minimum Gasteiger partial charge on any atom is -0.320 e. The lowest BCUT2D eigenvalue weighted by Crippen LogP contribution is -2.47. The number of rotatable bonds is 7. The molecule has 1 unspecified atom stereocenters. The second-order valence-electron chi connectivity index (χ2n) is 5.09. The maximum atomic E-state index is 12.6. The highest BCUT2D eigenvalue weighted by molar-refractivity contribution is 5.97. The number of anilines is 1. The molecule has 0 bridgehead atoms. The summed E-state index contributed by atoms with van der Waals surface area (Å²) in [6.07, 6.45) is 2.98. The standard InChI is InChI=1S/C16H26N2O/c1-4-6-12-18(14-10-8-7-9-11-14)16(19)15(17)13(3)5-2/h7-11,13,15H,4-6,12,17H2,1-3H3/t13?,15-/m0/s1. The predicted molar refractivity (Wildman–Crippen MR) is 81.1 cm³/mol. The van der Waals surface area contributed by atoms with Gasteiger partial charge in [0.15, 0.2) is 0 Å². The summed E-state index contributed by atoms with van der Waals surface area (Å²) >= 11 is 0. The fourth-order valence-electron chi connectivity index (χ4n) is 1.97. The van der Waals surface area contributed by atoms with E-state index in [0.717, 1.165) is 31.5 Å². The fraction of sp³-hybridized carbons (Fsp3) is 0.562. The predicted octanol–water partition coefficient (Wildman–Crippen LogP) is 3.19. The maximum Gasteiger partial charge on any atom is 0.244 e. The normalized spacial score (nSPS) is 13.9. The molecule has 3 heteroatoms. The Morgan fingerprint density at radius 2 is 1.89 bits per heavy atom. The van der Waals surface area contributed by atoms with E-state index in [1.807, 2.05) is 42.2 Å². The van der Waals surface area contributed by atoms with Crippen molar-refractivity contribution in [3.05, 3.63) is 30.3 Å². The number of para-hydroxylation sites is 1. The zero-order valence-corrected chi connectivity index (χ0v) is 12.3. The van der Waals surface area contributed by atoms with Crippen LogP contribution in [0.15, 0.2) is 30.3 Å². The van der Waals surface area contributed by atoms with E-state index in [-0.39, 0.29) is 11.8 Å². The zero-order valence-electron chi connectivity index (χ0n) is 12.3. The van der Waals surface area contributed by atoms with E-state index in [4.69, 9.17) is 5.73 Å². The first-order valence-electron chi connectivity index (χ1n) is 7.23. The van der Waals surface area contributed by atoms with Gasteiger partial charge < -0.3 is 10.6 Å². The van der Waals surface area contributed by atoms with Crippen LogP contribution in [0.25, 0.3) is 0 Å². The lowest BCUT2D eigenvalue weighted by molar-refractivity contribution is -0.120. The summed E-state index contributed by atoms with van der Waals surface area (Å²) in [6.45, 7) is 6.97. The van der Waals surface area contributed by atoms with Gasteiger partial charge in [0.1, 0.15) is 0 Å². The van der Waals surface area contributed by atoms with Crippen molar-refractivity contribution in [3.63, 3.8) is 0 Å². The number of carbonyl (C=O) groups is 1. The number of benzene rings is 1. The first-order valence-corrected chi connectivity index (χ1v) is 7.23. The van der Waals surface area contributed by atoms with Crippen LogP contribution < -0.4 is 10.6 Å². The van der Waals surface area contributed by atoms with E-state index in [2.05, 4.69) is 13.8 Å². The second kappa shape index (κ2) is 7.95. The third-order valence-corrected chi connectivity index (χ3v) is 3.61. The molecule has 0 fully saturated rings.